The molecule has 0 amide bonds. The minimum atomic E-state index is -0.573. The highest BCUT2D eigenvalue weighted by atomic mass is 16.5. The number of ether oxygens (including phenoxy) is 1. The molecule has 0 aliphatic carbocycles. The molecule has 1 atom stereocenters. The second kappa shape index (κ2) is 6.35. The number of carbonyl (C=O) groups excluding carboxylic acids is 2. The first-order valence-corrected chi connectivity index (χ1v) is 6.86. The van der Waals surface area contributed by atoms with Crippen molar-refractivity contribution in [2.75, 3.05) is 0 Å². The maximum Gasteiger partial charge on any atom is 0.202 e. The van der Waals surface area contributed by atoms with Crippen LogP contribution >= 0.6 is 0 Å². The van der Waals surface area contributed by atoms with E-state index in [-0.39, 0.29) is 11.6 Å². The molecule has 0 aliphatic heterocycles. The van der Waals surface area contributed by atoms with Crippen LogP contribution in [0.3, 0.4) is 0 Å². The highest BCUT2D eigenvalue weighted by molar-refractivity contribution is 5.99. The number of hydrogen-bond donors (Lipinski definition) is 0. The van der Waals surface area contributed by atoms with Gasteiger partial charge in [-0.2, -0.15) is 0 Å². The normalized spacial score (nSPS) is 11.8. The zero-order valence-corrected chi connectivity index (χ0v) is 12.4. The summed E-state index contributed by atoms with van der Waals surface area (Å²) in [6, 6.07) is 14.2. The molecule has 2 rings (SSSR count). The summed E-state index contributed by atoms with van der Waals surface area (Å²) >= 11 is 0. The zero-order valence-electron chi connectivity index (χ0n) is 12.4. The van der Waals surface area contributed by atoms with Gasteiger partial charge >= 0.3 is 0 Å². The summed E-state index contributed by atoms with van der Waals surface area (Å²) in [5, 5.41) is 0. The molecule has 0 aliphatic rings. The Kier molecular flexibility index (Phi) is 4.53. The number of rotatable bonds is 5. The van der Waals surface area contributed by atoms with Gasteiger partial charge in [-0.15, -0.1) is 0 Å². The maximum absolute atomic E-state index is 12.3. The molecule has 0 heterocycles. The van der Waals surface area contributed by atoms with E-state index in [0.717, 1.165) is 5.56 Å². The van der Waals surface area contributed by atoms with Crippen molar-refractivity contribution in [3.05, 3.63) is 65.2 Å². The standard InChI is InChI=1S/C18H18O3/c1-12-4-6-16(7-5-12)18(20)14(3)21-17-10-8-15(9-11-17)13(2)19/h4-11,14H,1-3H3. The fourth-order valence-electron chi connectivity index (χ4n) is 1.98. The van der Waals surface area contributed by atoms with Gasteiger partial charge < -0.3 is 4.74 Å². The zero-order chi connectivity index (χ0) is 15.4. The third-order valence-corrected chi connectivity index (χ3v) is 3.28. The predicted molar refractivity (Wildman–Crippen MR) is 82.0 cm³/mol. The quantitative estimate of drug-likeness (QED) is 0.782. The van der Waals surface area contributed by atoms with E-state index in [4.69, 9.17) is 4.74 Å². The van der Waals surface area contributed by atoms with Crippen molar-refractivity contribution >= 4 is 11.6 Å². The van der Waals surface area contributed by atoms with Gasteiger partial charge in [-0.3, -0.25) is 9.59 Å². The van der Waals surface area contributed by atoms with Crippen LogP contribution < -0.4 is 4.74 Å². The van der Waals surface area contributed by atoms with Gasteiger partial charge in [0.2, 0.25) is 5.78 Å². The Balaban J connectivity index is 2.06. The van der Waals surface area contributed by atoms with Crippen molar-refractivity contribution in [3.8, 4) is 5.75 Å². The highest BCUT2D eigenvalue weighted by Gasteiger charge is 2.16. The van der Waals surface area contributed by atoms with Crippen LogP contribution in [-0.4, -0.2) is 17.7 Å². The van der Waals surface area contributed by atoms with Gasteiger partial charge in [-0.1, -0.05) is 29.8 Å². The molecule has 2 aromatic carbocycles. The summed E-state index contributed by atoms with van der Waals surface area (Å²) in [5.41, 5.74) is 2.37. The van der Waals surface area contributed by atoms with E-state index in [1.165, 1.54) is 6.92 Å². The fourth-order valence-corrected chi connectivity index (χ4v) is 1.98. The molecule has 0 spiro atoms. The van der Waals surface area contributed by atoms with Gasteiger partial charge in [-0.25, -0.2) is 0 Å². The first-order valence-electron chi connectivity index (χ1n) is 6.86. The van der Waals surface area contributed by atoms with Crippen LogP contribution in [0.15, 0.2) is 48.5 Å². The van der Waals surface area contributed by atoms with E-state index < -0.39 is 6.10 Å². The number of aryl methyl sites for hydroxylation is 1. The number of benzene rings is 2. The summed E-state index contributed by atoms with van der Waals surface area (Å²) in [7, 11) is 0. The van der Waals surface area contributed by atoms with E-state index in [2.05, 4.69) is 0 Å². The van der Waals surface area contributed by atoms with Crippen molar-refractivity contribution in [2.24, 2.45) is 0 Å². The average molecular weight is 282 g/mol. The smallest absolute Gasteiger partial charge is 0.202 e. The molecule has 0 saturated heterocycles. The topological polar surface area (TPSA) is 43.4 Å². The van der Waals surface area contributed by atoms with Crippen LogP contribution in [0, 0.1) is 6.92 Å². The van der Waals surface area contributed by atoms with Crippen LogP contribution in [0.1, 0.15) is 40.1 Å². The Labute approximate surface area is 124 Å². The fraction of sp³-hybridized carbons (Fsp3) is 0.222. The summed E-state index contributed by atoms with van der Waals surface area (Å²) in [6.45, 7) is 5.21. The van der Waals surface area contributed by atoms with Crippen molar-refractivity contribution in [2.45, 2.75) is 26.9 Å². The van der Waals surface area contributed by atoms with Crippen molar-refractivity contribution in [3.63, 3.8) is 0 Å². The Hall–Kier alpha value is -2.42. The molecular weight excluding hydrogens is 264 g/mol. The van der Waals surface area contributed by atoms with Gasteiger partial charge in [-0.05, 0) is 45.0 Å². The summed E-state index contributed by atoms with van der Waals surface area (Å²) in [6.07, 6.45) is -0.573. The lowest BCUT2D eigenvalue weighted by Crippen LogP contribution is -2.23. The second-order valence-corrected chi connectivity index (χ2v) is 5.07. The van der Waals surface area contributed by atoms with Crippen molar-refractivity contribution < 1.29 is 14.3 Å². The summed E-state index contributed by atoms with van der Waals surface area (Å²) in [4.78, 5) is 23.5. The monoisotopic (exact) mass is 282 g/mol. The van der Waals surface area contributed by atoms with Crippen LogP contribution in [0.5, 0.6) is 5.75 Å². The molecule has 3 nitrogen and oxygen atoms in total. The average Bonchev–Trinajstić information content (AvgIpc) is 2.47. The Morgan fingerprint density at radius 2 is 1.43 bits per heavy atom. The second-order valence-electron chi connectivity index (χ2n) is 5.07. The molecular formula is C18H18O3. The van der Waals surface area contributed by atoms with E-state index in [1.54, 1.807) is 43.3 Å². The summed E-state index contributed by atoms with van der Waals surface area (Å²) in [5.74, 6) is 0.518. The van der Waals surface area contributed by atoms with E-state index in [1.807, 2.05) is 19.1 Å². The molecule has 21 heavy (non-hydrogen) atoms. The predicted octanol–water partition coefficient (Wildman–Crippen LogP) is 3.85. The Morgan fingerprint density at radius 3 is 1.95 bits per heavy atom. The minimum absolute atomic E-state index is 0.00494. The third-order valence-electron chi connectivity index (χ3n) is 3.28. The van der Waals surface area contributed by atoms with E-state index in [0.29, 0.717) is 16.9 Å². The summed E-state index contributed by atoms with van der Waals surface area (Å²) < 4.78 is 5.63. The van der Waals surface area contributed by atoms with Crippen LogP contribution in [0.25, 0.3) is 0 Å². The molecule has 3 heteroatoms. The van der Waals surface area contributed by atoms with Gasteiger partial charge in [0.1, 0.15) is 5.75 Å². The number of carbonyl (C=O) groups is 2. The molecule has 0 saturated carbocycles. The maximum atomic E-state index is 12.3. The molecule has 0 bridgehead atoms. The first-order chi connectivity index (χ1) is 9.97. The molecule has 2 aromatic rings. The highest BCUT2D eigenvalue weighted by Crippen LogP contribution is 2.16. The molecule has 0 fully saturated rings. The van der Waals surface area contributed by atoms with Gasteiger partial charge in [0, 0.05) is 11.1 Å². The number of hydrogen-bond acceptors (Lipinski definition) is 3. The van der Waals surface area contributed by atoms with Crippen LogP contribution in [-0.2, 0) is 0 Å². The lowest BCUT2D eigenvalue weighted by atomic mass is 10.1. The van der Waals surface area contributed by atoms with Crippen molar-refractivity contribution in [1.82, 2.24) is 0 Å². The minimum Gasteiger partial charge on any atom is -0.483 e. The first kappa shape index (κ1) is 15.0. The molecule has 0 radical (unpaired) electrons. The molecule has 108 valence electrons. The molecule has 0 N–H and O–H groups in total. The number of ketones is 2. The third kappa shape index (κ3) is 3.78. The van der Waals surface area contributed by atoms with E-state index >= 15 is 0 Å². The van der Waals surface area contributed by atoms with Crippen molar-refractivity contribution in [1.29, 1.82) is 0 Å². The number of Topliss-reactive ketones (excluding diaryl/α,β-unsaturated/α-hetero) is 2. The van der Waals surface area contributed by atoms with Gasteiger partial charge in [0.25, 0.3) is 0 Å². The Morgan fingerprint density at radius 1 is 0.905 bits per heavy atom. The largest absolute Gasteiger partial charge is 0.483 e. The van der Waals surface area contributed by atoms with Crippen LogP contribution in [0.2, 0.25) is 0 Å². The molecule has 0 aromatic heterocycles. The lowest BCUT2D eigenvalue weighted by molar-refractivity contribution is 0.0817. The SMILES string of the molecule is CC(=O)c1ccc(OC(C)C(=O)c2ccc(C)cc2)cc1. The Bertz CT molecular complexity index is 639. The molecule has 1 unspecified atom stereocenters. The van der Waals surface area contributed by atoms with Crippen LogP contribution in [0.4, 0.5) is 0 Å². The van der Waals surface area contributed by atoms with Gasteiger partial charge in [0.15, 0.2) is 11.9 Å². The lowest BCUT2D eigenvalue weighted by Gasteiger charge is -2.14. The van der Waals surface area contributed by atoms with Gasteiger partial charge in [0.05, 0.1) is 0 Å². The van der Waals surface area contributed by atoms with E-state index in [9.17, 15) is 9.59 Å².